The molecule has 0 aromatic carbocycles. The van der Waals surface area contributed by atoms with Crippen LogP contribution in [-0.4, -0.2) is 36.2 Å². The Hall–Kier alpha value is -1.58. The second-order valence-electron chi connectivity index (χ2n) is 10.5. The molecule has 0 N–H and O–H groups in total. The number of ether oxygens (including phenoxy) is 1. The molecule has 0 saturated heterocycles. The quantitative estimate of drug-likeness (QED) is 0.466. The van der Waals surface area contributed by atoms with Gasteiger partial charge in [-0.25, -0.2) is 4.79 Å². The first-order valence-electron chi connectivity index (χ1n) is 12.2. The van der Waals surface area contributed by atoms with Gasteiger partial charge in [0.1, 0.15) is 0 Å². The Morgan fingerprint density at radius 2 is 1.80 bits per heavy atom. The van der Waals surface area contributed by atoms with Crippen LogP contribution in [-0.2, 0) is 4.74 Å². The molecule has 1 amide bonds. The minimum absolute atomic E-state index is 0.199. The molecule has 4 bridgehead atoms. The first-order valence-corrected chi connectivity index (χ1v) is 12.2. The van der Waals surface area contributed by atoms with Gasteiger partial charge in [-0.15, -0.1) is 0 Å². The van der Waals surface area contributed by atoms with Gasteiger partial charge in [0.2, 0.25) is 0 Å². The molecule has 1 atom stereocenters. The molecular weight excluding hydrogens is 372 g/mol. The maximum Gasteiger partial charge on any atom is 0.409 e. The summed E-state index contributed by atoms with van der Waals surface area (Å²) >= 11 is 0. The fraction of sp³-hybridized carbons (Fsp3) is 0.731. The van der Waals surface area contributed by atoms with E-state index in [1.807, 2.05) is 26.4 Å². The lowest BCUT2D eigenvalue weighted by Gasteiger charge is -2.57. The largest absolute Gasteiger partial charge is 0.450 e. The fourth-order valence-corrected chi connectivity index (χ4v) is 6.99. The Labute approximate surface area is 182 Å². The number of rotatable bonds is 10. The van der Waals surface area contributed by atoms with Crippen LogP contribution in [0.25, 0.3) is 0 Å². The highest BCUT2D eigenvalue weighted by atomic mass is 16.5. The van der Waals surface area contributed by atoms with Crippen molar-refractivity contribution in [3.8, 4) is 0 Å². The van der Waals surface area contributed by atoms with Crippen molar-refractivity contribution in [2.24, 2.45) is 29.1 Å². The van der Waals surface area contributed by atoms with Crippen molar-refractivity contribution < 1.29 is 9.53 Å². The fourth-order valence-electron chi connectivity index (χ4n) is 6.99. The van der Waals surface area contributed by atoms with Gasteiger partial charge >= 0.3 is 6.09 Å². The Bertz CT molecular complexity index is 654. The van der Waals surface area contributed by atoms with Gasteiger partial charge in [0, 0.05) is 26.0 Å². The van der Waals surface area contributed by atoms with Gasteiger partial charge < -0.3 is 9.64 Å². The summed E-state index contributed by atoms with van der Waals surface area (Å²) in [5.41, 5.74) is 1.89. The predicted octanol–water partition coefficient (Wildman–Crippen LogP) is 6.12. The van der Waals surface area contributed by atoms with Crippen LogP contribution in [0.5, 0.6) is 0 Å². The van der Waals surface area contributed by atoms with Crippen LogP contribution in [0.4, 0.5) is 4.79 Å². The third-order valence-corrected chi connectivity index (χ3v) is 8.09. The summed E-state index contributed by atoms with van der Waals surface area (Å²) in [4.78, 5) is 17.9. The zero-order chi connectivity index (χ0) is 21.0. The molecule has 4 nitrogen and oxygen atoms in total. The minimum Gasteiger partial charge on any atom is -0.450 e. The van der Waals surface area contributed by atoms with Crippen LogP contribution in [0.1, 0.15) is 76.7 Å². The van der Waals surface area contributed by atoms with Crippen LogP contribution in [0.15, 0.2) is 24.5 Å². The highest BCUT2D eigenvalue weighted by molar-refractivity contribution is 5.67. The third kappa shape index (κ3) is 5.36. The molecule has 1 aromatic rings. The predicted molar refractivity (Wildman–Crippen MR) is 120 cm³/mol. The van der Waals surface area contributed by atoms with E-state index < -0.39 is 0 Å². The average Bonchev–Trinajstić information content (AvgIpc) is 2.73. The molecule has 1 aromatic heterocycles. The molecule has 4 aliphatic carbocycles. The van der Waals surface area contributed by atoms with Crippen LogP contribution < -0.4 is 0 Å². The lowest BCUT2D eigenvalue weighted by Crippen LogP contribution is -2.46. The van der Waals surface area contributed by atoms with Crippen molar-refractivity contribution in [1.29, 1.82) is 0 Å². The van der Waals surface area contributed by atoms with Gasteiger partial charge in [-0.3, -0.25) is 4.98 Å². The molecule has 0 spiro atoms. The second-order valence-corrected chi connectivity index (χ2v) is 10.5. The zero-order valence-corrected chi connectivity index (χ0v) is 18.9. The highest BCUT2D eigenvalue weighted by Gasteiger charge is 2.50. The van der Waals surface area contributed by atoms with Crippen molar-refractivity contribution in [2.75, 3.05) is 20.2 Å². The average molecular weight is 412 g/mol. The molecule has 4 aliphatic rings. The van der Waals surface area contributed by atoms with Crippen molar-refractivity contribution in [1.82, 2.24) is 9.88 Å². The number of hydrogen-bond donors (Lipinski definition) is 0. The number of amides is 1. The van der Waals surface area contributed by atoms with Crippen LogP contribution in [0, 0.1) is 35.5 Å². The van der Waals surface area contributed by atoms with Crippen molar-refractivity contribution in [2.45, 2.75) is 71.1 Å². The number of aromatic nitrogens is 1. The van der Waals surface area contributed by atoms with Gasteiger partial charge in [-0.1, -0.05) is 0 Å². The first-order chi connectivity index (χ1) is 14.5. The SMILES string of the molecule is CCOC(=O)N(C)CCC(C[CH]c1ccncc1)CCC12CC3CC(CC(C3)C1)C2. The van der Waals surface area contributed by atoms with Crippen LogP contribution >= 0.6 is 0 Å². The molecule has 165 valence electrons. The summed E-state index contributed by atoms with van der Waals surface area (Å²) in [5, 5.41) is 0. The van der Waals surface area contributed by atoms with Gasteiger partial charge in [0.15, 0.2) is 0 Å². The molecule has 4 heteroatoms. The summed E-state index contributed by atoms with van der Waals surface area (Å²) in [7, 11) is 1.86. The number of pyridine rings is 1. The van der Waals surface area contributed by atoms with E-state index in [0.717, 1.165) is 37.1 Å². The molecule has 1 heterocycles. The topological polar surface area (TPSA) is 42.4 Å². The summed E-state index contributed by atoms with van der Waals surface area (Å²) in [6.07, 6.45) is 19.7. The maximum atomic E-state index is 12.0. The van der Waals surface area contributed by atoms with E-state index in [4.69, 9.17) is 4.74 Å². The van der Waals surface area contributed by atoms with E-state index in [-0.39, 0.29) is 6.09 Å². The molecule has 30 heavy (non-hydrogen) atoms. The van der Waals surface area contributed by atoms with E-state index in [1.165, 1.54) is 56.9 Å². The third-order valence-electron chi connectivity index (χ3n) is 8.09. The molecular formula is C26H39N2O2. The Kier molecular flexibility index (Phi) is 7.00. The van der Waals surface area contributed by atoms with Gasteiger partial charge in [0.25, 0.3) is 0 Å². The first kappa shape index (κ1) is 21.6. The summed E-state index contributed by atoms with van der Waals surface area (Å²) in [5.74, 6) is 3.68. The molecule has 1 unspecified atom stereocenters. The maximum absolute atomic E-state index is 12.0. The van der Waals surface area contributed by atoms with Crippen molar-refractivity contribution in [3.63, 3.8) is 0 Å². The second kappa shape index (κ2) is 9.70. The summed E-state index contributed by atoms with van der Waals surface area (Å²) in [6.45, 7) is 3.08. The smallest absolute Gasteiger partial charge is 0.409 e. The Morgan fingerprint density at radius 1 is 1.17 bits per heavy atom. The number of carbonyl (C=O) groups excluding carboxylic acids is 1. The lowest BCUT2D eigenvalue weighted by atomic mass is 9.48. The summed E-state index contributed by atoms with van der Waals surface area (Å²) < 4.78 is 5.16. The van der Waals surface area contributed by atoms with Crippen molar-refractivity contribution in [3.05, 3.63) is 36.5 Å². The molecule has 1 radical (unpaired) electrons. The minimum atomic E-state index is -0.199. The number of hydrogen-bond acceptors (Lipinski definition) is 3. The monoisotopic (exact) mass is 411 g/mol. The molecule has 5 rings (SSSR count). The Morgan fingerprint density at radius 3 is 2.40 bits per heavy atom. The van der Waals surface area contributed by atoms with Gasteiger partial charge in [0.05, 0.1) is 6.61 Å². The molecule has 0 aliphatic heterocycles. The highest BCUT2D eigenvalue weighted by Crippen LogP contribution is 2.61. The van der Waals surface area contributed by atoms with E-state index in [1.54, 1.807) is 4.90 Å². The summed E-state index contributed by atoms with van der Waals surface area (Å²) in [6, 6.07) is 4.17. The van der Waals surface area contributed by atoms with Crippen molar-refractivity contribution >= 4 is 6.09 Å². The van der Waals surface area contributed by atoms with E-state index in [9.17, 15) is 4.79 Å². The van der Waals surface area contributed by atoms with E-state index in [0.29, 0.717) is 17.9 Å². The van der Waals surface area contributed by atoms with Crippen LogP contribution in [0.3, 0.4) is 0 Å². The van der Waals surface area contributed by atoms with E-state index in [2.05, 4.69) is 23.5 Å². The number of carbonyl (C=O) groups is 1. The normalized spacial score (nSPS) is 30.3. The molecule has 4 saturated carbocycles. The van der Waals surface area contributed by atoms with Gasteiger partial charge in [-0.2, -0.15) is 0 Å². The van der Waals surface area contributed by atoms with Gasteiger partial charge in [-0.05, 0) is 124 Å². The standard InChI is InChI=1S/C26H39N2O2/c1-3-30-25(29)28(2)13-9-20(4-5-21-7-11-27-12-8-21)6-10-26-17-22-14-23(18-26)16-24(15-22)19-26/h5,7-8,11-12,20,22-24H,3-4,6,9-10,13-19H2,1-2H3. The van der Waals surface area contributed by atoms with E-state index >= 15 is 0 Å². The zero-order valence-electron chi connectivity index (χ0n) is 18.9. The lowest BCUT2D eigenvalue weighted by molar-refractivity contribution is -0.0602. The molecule has 4 fully saturated rings. The Balaban J connectivity index is 1.33. The number of nitrogens with zero attached hydrogens (tertiary/aromatic N) is 2. The van der Waals surface area contributed by atoms with Crippen LogP contribution in [0.2, 0.25) is 0 Å².